The number of ether oxygens (including phenoxy) is 2. The maximum Gasteiger partial charge on any atom is 0.316 e. The molecule has 0 unspecified atom stereocenters. The van der Waals surface area contributed by atoms with Crippen LogP contribution in [0, 0.1) is 29.1 Å². The predicted molar refractivity (Wildman–Crippen MR) is 96.2 cm³/mol. The van der Waals surface area contributed by atoms with E-state index in [-0.39, 0.29) is 16.1 Å². The van der Waals surface area contributed by atoms with Crippen LogP contribution in [0.5, 0.6) is 11.5 Å². The summed E-state index contributed by atoms with van der Waals surface area (Å²) in [6.07, 6.45) is -1.13. The molecule has 1 saturated heterocycles. The zero-order valence-electron chi connectivity index (χ0n) is 14.4. The number of hydrogen-bond donors (Lipinski definition) is 0. The third-order valence-electron chi connectivity index (χ3n) is 3.93. The van der Waals surface area contributed by atoms with Crippen LogP contribution in [0.15, 0.2) is 18.2 Å². The molecule has 28 heavy (non-hydrogen) atoms. The molecule has 0 aliphatic carbocycles. The van der Waals surface area contributed by atoms with Gasteiger partial charge < -0.3 is 9.47 Å². The van der Waals surface area contributed by atoms with Gasteiger partial charge in [-0.2, -0.15) is 0 Å². The number of hydrogen-bond acceptors (Lipinski definition) is 5. The lowest BCUT2D eigenvalue weighted by Gasteiger charge is -2.14. The minimum absolute atomic E-state index is 0.0203. The van der Waals surface area contributed by atoms with Crippen LogP contribution in [-0.2, 0) is 11.2 Å². The lowest BCUT2D eigenvalue weighted by Crippen LogP contribution is -2.16. The summed E-state index contributed by atoms with van der Waals surface area (Å²) in [5.41, 5.74) is -0.306. The molecule has 0 saturated carbocycles. The zero-order valence-corrected chi connectivity index (χ0v) is 16.0. The first-order valence-corrected chi connectivity index (χ1v) is 10.0. The molecular weight excluding hydrogens is 423 g/mol. The van der Waals surface area contributed by atoms with Crippen LogP contribution in [0.4, 0.5) is 22.0 Å². The van der Waals surface area contributed by atoms with Gasteiger partial charge in [0.15, 0.2) is 34.8 Å². The number of carbonyl (C=O) groups is 1. The largest absolute Gasteiger partial charge is 0.493 e. The van der Waals surface area contributed by atoms with Gasteiger partial charge in [-0.25, -0.2) is 22.0 Å². The van der Waals surface area contributed by atoms with Crippen molar-refractivity contribution in [3.63, 3.8) is 0 Å². The standard InChI is InChI=1S/C18H13F5O3S2/c1-25-11-6-8(18-27-4-5-28-18)2-3-10(11)26-12(24)7-9-13(19)15(21)17(23)16(22)14(9)20/h2-3,6,18H,4-5,7H2,1H3. The number of halogens is 5. The quantitative estimate of drug-likeness (QED) is 0.216. The molecule has 150 valence electrons. The summed E-state index contributed by atoms with van der Waals surface area (Å²) >= 11 is 3.52. The summed E-state index contributed by atoms with van der Waals surface area (Å²) < 4.78 is 77.4. The van der Waals surface area contributed by atoms with E-state index >= 15 is 0 Å². The van der Waals surface area contributed by atoms with Gasteiger partial charge in [0, 0.05) is 17.1 Å². The summed E-state index contributed by atoms with van der Waals surface area (Å²) in [5.74, 6) is -9.62. The minimum Gasteiger partial charge on any atom is -0.493 e. The lowest BCUT2D eigenvalue weighted by molar-refractivity contribution is -0.133. The first kappa shape index (κ1) is 20.8. The average molecular weight is 436 g/mol. The van der Waals surface area contributed by atoms with Crippen LogP contribution in [0.2, 0.25) is 0 Å². The van der Waals surface area contributed by atoms with Crippen molar-refractivity contribution < 1.29 is 36.2 Å². The van der Waals surface area contributed by atoms with E-state index < -0.39 is 47.0 Å². The van der Waals surface area contributed by atoms with Gasteiger partial charge in [0.2, 0.25) is 5.82 Å². The monoisotopic (exact) mass is 436 g/mol. The summed E-state index contributed by atoms with van der Waals surface area (Å²) in [7, 11) is 1.36. The summed E-state index contributed by atoms with van der Waals surface area (Å²) in [4.78, 5) is 12.0. The molecular formula is C18H13F5O3S2. The van der Waals surface area contributed by atoms with Crippen LogP contribution in [-0.4, -0.2) is 24.6 Å². The highest BCUT2D eigenvalue weighted by molar-refractivity contribution is 8.19. The molecule has 0 spiro atoms. The van der Waals surface area contributed by atoms with Crippen LogP contribution in [0.1, 0.15) is 15.7 Å². The Bertz CT molecular complexity index is 888. The Hall–Kier alpha value is -1.94. The molecule has 2 aromatic carbocycles. The number of esters is 1. The molecule has 10 heteroatoms. The van der Waals surface area contributed by atoms with Crippen molar-refractivity contribution >= 4 is 29.5 Å². The SMILES string of the molecule is COc1cc(C2SCCS2)ccc1OC(=O)Cc1c(F)c(F)c(F)c(F)c1F. The molecule has 0 radical (unpaired) electrons. The smallest absolute Gasteiger partial charge is 0.316 e. The van der Waals surface area contributed by atoms with Crippen molar-refractivity contribution in [2.75, 3.05) is 18.6 Å². The molecule has 1 aliphatic rings. The van der Waals surface area contributed by atoms with Crippen molar-refractivity contribution in [2.24, 2.45) is 0 Å². The highest BCUT2D eigenvalue weighted by atomic mass is 32.2. The molecule has 1 fully saturated rings. The first-order valence-electron chi connectivity index (χ1n) is 7.95. The van der Waals surface area contributed by atoms with Gasteiger partial charge >= 0.3 is 5.97 Å². The number of benzene rings is 2. The Morgan fingerprint density at radius 1 is 0.964 bits per heavy atom. The van der Waals surface area contributed by atoms with Crippen molar-refractivity contribution in [3.8, 4) is 11.5 Å². The molecule has 3 nitrogen and oxygen atoms in total. The Kier molecular flexibility index (Phi) is 6.39. The molecule has 2 aromatic rings. The van der Waals surface area contributed by atoms with E-state index in [1.807, 2.05) is 0 Å². The second-order valence-electron chi connectivity index (χ2n) is 5.68. The van der Waals surface area contributed by atoms with E-state index in [0.29, 0.717) is 0 Å². The van der Waals surface area contributed by atoms with Crippen molar-refractivity contribution in [1.29, 1.82) is 0 Å². The number of thioether (sulfide) groups is 2. The Labute approximate surface area is 165 Å². The predicted octanol–water partition coefficient (Wildman–Crippen LogP) is 5.02. The molecule has 0 N–H and O–H groups in total. The van der Waals surface area contributed by atoms with E-state index in [2.05, 4.69) is 0 Å². The Morgan fingerprint density at radius 3 is 2.11 bits per heavy atom. The van der Waals surface area contributed by atoms with Crippen molar-refractivity contribution in [3.05, 3.63) is 58.4 Å². The van der Waals surface area contributed by atoms with Gasteiger partial charge in [0.25, 0.3) is 0 Å². The minimum atomic E-state index is -2.29. The van der Waals surface area contributed by atoms with E-state index in [4.69, 9.17) is 9.47 Å². The Balaban J connectivity index is 1.80. The maximum absolute atomic E-state index is 13.7. The normalized spacial score (nSPS) is 14.4. The molecule has 0 amide bonds. The third-order valence-corrected chi connectivity index (χ3v) is 7.03. The fraction of sp³-hybridized carbons (Fsp3) is 0.278. The van der Waals surface area contributed by atoms with Gasteiger partial charge in [-0.15, -0.1) is 23.5 Å². The van der Waals surface area contributed by atoms with Gasteiger partial charge in [-0.05, 0) is 17.7 Å². The third kappa shape index (κ3) is 4.07. The molecule has 1 heterocycles. The van der Waals surface area contributed by atoms with E-state index in [1.165, 1.54) is 13.2 Å². The van der Waals surface area contributed by atoms with Crippen LogP contribution >= 0.6 is 23.5 Å². The maximum atomic E-state index is 13.7. The van der Waals surface area contributed by atoms with Crippen LogP contribution in [0.25, 0.3) is 0 Å². The van der Waals surface area contributed by atoms with Crippen LogP contribution < -0.4 is 9.47 Å². The van der Waals surface area contributed by atoms with E-state index in [0.717, 1.165) is 17.1 Å². The van der Waals surface area contributed by atoms with E-state index in [9.17, 15) is 26.7 Å². The molecule has 3 rings (SSSR count). The zero-order chi connectivity index (χ0) is 20.4. The molecule has 0 aromatic heterocycles. The van der Waals surface area contributed by atoms with Gasteiger partial charge in [0.1, 0.15) is 0 Å². The molecule has 1 aliphatic heterocycles. The Morgan fingerprint density at radius 2 is 1.54 bits per heavy atom. The van der Waals surface area contributed by atoms with Crippen LogP contribution in [0.3, 0.4) is 0 Å². The van der Waals surface area contributed by atoms with E-state index in [1.54, 1.807) is 35.7 Å². The number of rotatable bonds is 5. The van der Waals surface area contributed by atoms with Gasteiger partial charge in [0.05, 0.1) is 18.1 Å². The molecule has 0 bridgehead atoms. The molecule has 0 atom stereocenters. The first-order chi connectivity index (χ1) is 13.3. The topological polar surface area (TPSA) is 35.5 Å². The summed E-state index contributed by atoms with van der Waals surface area (Å²) in [6.45, 7) is 0. The van der Waals surface area contributed by atoms with Crippen molar-refractivity contribution in [1.82, 2.24) is 0 Å². The second-order valence-corrected chi connectivity index (χ2v) is 8.41. The average Bonchev–Trinajstić information content (AvgIpc) is 3.23. The summed E-state index contributed by atoms with van der Waals surface area (Å²) in [5, 5.41) is 0. The second kappa shape index (κ2) is 8.60. The fourth-order valence-electron chi connectivity index (χ4n) is 2.57. The fourth-order valence-corrected chi connectivity index (χ4v) is 5.41. The number of methoxy groups -OCH3 is 1. The highest BCUT2D eigenvalue weighted by Gasteiger charge is 2.28. The number of carbonyl (C=O) groups excluding carboxylic acids is 1. The highest BCUT2D eigenvalue weighted by Crippen LogP contribution is 2.47. The van der Waals surface area contributed by atoms with Gasteiger partial charge in [-0.1, -0.05) is 6.07 Å². The lowest BCUT2D eigenvalue weighted by atomic mass is 10.1. The van der Waals surface area contributed by atoms with Gasteiger partial charge in [-0.3, -0.25) is 4.79 Å². The van der Waals surface area contributed by atoms with Crippen molar-refractivity contribution in [2.45, 2.75) is 11.0 Å². The summed E-state index contributed by atoms with van der Waals surface area (Å²) in [6, 6.07) is 4.86.